The zero-order valence-corrected chi connectivity index (χ0v) is 26.1. The molecule has 4 N–H and O–H groups in total. The molecule has 1 saturated heterocycles. The van der Waals surface area contributed by atoms with E-state index in [1.165, 1.54) is 7.11 Å². The molecule has 1 heterocycles. The third kappa shape index (κ3) is 11.8. The fourth-order valence-corrected chi connectivity index (χ4v) is 5.00. The fraction of sp³-hybridized carbons (Fsp3) is 0.625. The van der Waals surface area contributed by atoms with Gasteiger partial charge in [0.25, 0.3) is 0 Å². The van der Waals surface area contributed by atoms with Crippen LogP contribution in [0.25, 0.3) is 0 Å². The number of hydrogen-bond donors (Lipinski definition) is 3. The van der Waals surface area contributed by atoms with Gasteiger partial charge in [-0.15, -0.1) is 0 Å². The number of alkyl carbamates (subject to hydrolysis) is 1. The first-order valence-corrected chi connectivity index (χ1v) is 14.9. The minimum absolute atomic E-state index is 0.130. The molecule has 42 heavy (non-hydrogen) atoms. The number of methoxy groups -OCH3 is 1. The summed E-state index contributed by atoms with van der Waals surface area (Å²) in [5, 5.41) is 5.85. The van der Waals surface area contributed by atoms with E-state index in [1.54, 1.807) is 4.90 Å². The van der Waals surface area contributed by atoms with Crippen molar-refractivity contribution in [3.8, 4) is 0 Å². The number of rotatable bonds is 14. The van der Waals surface area contributed by atoms with Crippen LogP contribution in [0.4, 0.5) is 4.79 Å². The van der Waals surface area contributed by atoms with Gasteiger partial charge in [-0.1, -0.05) is 56.3 Å². The molecule has 0 aliphatic carbocycles. The third-order valence-electron chi connectivity index (χ3n) is 6.96. The topological polar surface area (TPSA) is 140 Å². The van der Waals surface area contributed by atoms with Crippen molar-refractivity contribution in [2.45, 2.75) is 91.0 Å². The van der Waals surface area contributed by atoms with E-state index in [0.29, 0.717) is 38.8 Å². The van der Waals surface area contributed by atoms with Crippen molar-refractivity contribution in [1.29, 1.82) is 0 Å². The molecule has 3 amide bonds. The van der Waals surface area contributed by atoms with Crippen LogP contribution in [-0.2, 0) is 30.3 Å². The molecular weight excluding hydrogens is 536 g/mol. The quantitative estimate of drug-likeness (QED) is 0.170. The molecule has 1 aliphatic rings. The second kappa shape index (κ2) is 16.9. The van der Waals surface area contributed by atoms with E-state index >= 15 is 0 Å². The average Bonchev–Trinajstić information content (AvgIpc) is 3.37. The maximum Gasteiger partial charge on any atom is 0.408 e. The molecule has 10 heteroatoms. The Morgan fingerprint density at radius 1 is 1.12 bits per heavy atom. The maximum absolute atomic E-state index is 14.0. The van der Waals surface area contributed by atoms with Gasteiger partial charge in [-0.05, 0) is 77.3 Å². The number of esters is 1. The van der Waals surface area contributed by atoms with Crippen LogP contribution in [0.15, 0.2) is 42.5 Å². The highest BCUT2D eigenvalue weighted by molar-refractivity contribution is 5.98. The molecule has 0 saturated carbocycles. The number of likely N-dealkylation sites (tertiary alicyclic amines) is 1. The highest BCUT2D eigenvalue weighted by Crippen LogP contribution is 2.23. The summed E-state index contributed by atoms with van der Waals surface area (Å²) >= 11 is 0. The molecular formula is C32H50N4O6. The van der Waals surface area contributed by atoms with Crippen LogP contribution in [0, 0.1) is 17.8 Å². The zero-order chi connectivity index (χ0) is 31.3. The third-order valence-corrected chi connectivity index (χ3v) is 6.96. The Morgan fingerprint density at radius 3 is 2.40 bits per heavy atom. The summed E-state index contributed by atoms with van der Waals surface area (Å²) in [6, 6.07) is 9.40. The summed E-state index contributed by atoms with van der Waals surface area (Å²) in [6.45, 7) is 10.4. The zero-order valence-electron chi connectivity index (χ0n) is 26.1. The van der Waals surface area contributed by atoms with E-state index in [-0.39, 0.29) is 24.3 Å². The van der Waals surface area contributed by atoms with E-state index < -0.39 is 41.6 Å². The lowest BCUT2D eigenvalue weighted by Gasteiger charge is -2.30. The molecule has 10 nitrogen and oxygen atoms in total. The lowest BCUT2D eigenvalue weighted by molar-refractivity contribution is -0.151. The first-order chi connectivity index (χ1) is 19.8. The molecule has 1 unspecified atom stereocenters. The van der Waals surface area contributed by atoms with Crippen LogP contribution >= 0.6 is 0 Å². The van der Waals surface area contributed by atoms with Crippen LogP contribution in [0.3, 0.4) is 0 Å². The number of nitrogens with one attached hydrogen (secondary N) is 2. The second-order valence-corrected chi connectivity index (χ2v) is 12.3. The van der Waals surface area contributed by atoms with Gasteiger partial charge in [-0.2, -0.15) is 0 Å². The molecule has 1 aliphatic heterocycles. The molecule has 0 spiro atoms. The number of amides is 3. The molecule has 2 rings (SSSR count). The van der Waals surface area contributed by atoms with Gasteiger partial charge >= 0.3 is 12.1 Å². The van der Waals surface area contributed by atoms with Crippen molar-refractivity contribution < 1.29 is 28.7 Å². The number of carbonyl (C=O) groups excluding carboxylic acids is 4. The molecule has 4 atom stereocenters. The molecule has 0 bridgehead atoms. The smallest absolute Gasteiger partial charge is 0.408 e. The van der Waals surface area contributed by atoms with Gasteiger partial charge in [0.2, 0.25) is 11.8 Å². The first-order valence-electron chi connectivity index (χ1n) is 14.9. The van der Waals surface area contributed by atoms with Crippen molar-refractivity contribution in [3.63, 3.8) is 0 Å². The summed E-state index contributed by atoms with van der Waals surface area (Å²) < 4.78 is 10.3. The fourth-order valence-electron chi connectivity index (χ4n) is 5.00. The van der Waals surface area contributed by atoms with Gasteiger partial charge in [0.05, 0.1) is 19.1 Å². The van der Waals surface area contributed by atoms with Crippen LogP contribution in [0.1, 0.15) is 72.3 Å². The number of hydrogen-bond acceptors (Lipinski definition) is 7. The van der Waals surface area contributed by atoms with Crippen molar-refractivity contribution in [1.82, 2.24) is 15.5 Å². The van der Waals surface area contributed by atoms with Gasteiger partial charge in [-0.3, -0.25) is 14.4 Å². The number of nitrogens with zero attached hydrogens (tertiary/aromatic N) is 1. The molecule has 1 aromatic rings. The lowest BCUT2D eigenvalue weighted by atomic mass is 9.95. The van der Waals surface area contributed by atoms with Gasteiger partial charge in [-0.25, -0.2) is 4.79 Å². The molecule has 1 fully saturated rings. The first kappa shape index (κ1) is 34.8. The summed E-state index contributed by atoms with van der Waals surface area (Å²) in [5.74, 6) is -2.43. The summed E-state index contributed by atoms with van der Waals surface area (Å²) in [4.78, 5) is 53.6. The average molecular weight is 587 g/mol. The number of ether oxygens (including phenoxy) is 2. The van der Waals surface area contributed by atoms with E-state index in [9.17, 15) is 19.2 Å². The molecule has 1 aromatic carbocycles. The number of carbonyl (C=O) groups is 4. The predicted octanol–water partition coefficient (Wildman–Crippen LogP) is 3.93. The van der Waals surface area contributed by atoms with E-state index in [1.807, 2.05) is 63.3 Å². The maximum atomic E-state index is 14.0. The van der Waals surface area contributed by atoms with Crippen molar-refractivity contribution >= 4 is 23.9 Å². The second-order valence-electron chi connectivity index (χ2n) is 12.3. The van der Waals surface area contributed by atoms with Crippen molar-refractivity contribution in [3.05, 3.63) is 48.0 Å². The van der Waals surface area contributed by atoms with Crippen molar-refractivity contribution in [2.75, 3.05) is 20.2 Å². The van der Waals surface area contributed by atoms with Crippen LogP contribution < -0.4 is 16.4 Å². The highest BCUT2D eigenvalue weighted by Gasteiger charge is 2.36. The van der Waals surface area contributed by atoms with Gasteiger partial charge in [0.1, 0.15) is 17.7 Å². The normalized spacial score (nSPS) is 17.5. The number of nitrogens with two attached hydrogens (primary N) is 1. The Hall–Kier alpha value is -3.40. The van der Waals surface area contributed by atoms with Crippen LogP contribution in [0.5, 0.6) is 0 Å². The monoisotopic (exact) mass is 586 g/mol. The minimum atomic E-state index is -0.980. The van der Waals surface area contributed by atoms with Crippen LogP contribution in [-0.4, -0.2) is 66.8 Å². The molecule has 0 radical (unpaired) electrons. The largest absolute Gasteiger partial charge is 0.468 e. The number of benzene rings is 1. The Bertz CT molecular complexity index is 1050. The summed E-state index contributed by atoms with van der Waals surface area (Å²) in [6.07, 6.45) is 5.89. The summed E-state index contributed by atoms with van der Waals surface area (Å²) in [7, 11) is 1.25. The lowest BCUT2D eigenvalue weighted by Crippen LogP contribution is -2.51. The minimum Gasteiger partial charge on any atom is -0.468 e. The van der Waals surface area contributed by atoms with Gasteiger partial charge < -0.3 is 30.7 Å². The van der Waals surface area contributed by atoms with Gasteiger partial charge in [0, 0.05) is 6.54 Å². The Morgan fingerprint density at radius 2 is 1.81 bits per heavy atom. The standard InChI is InChI=1S/C32H50N4O6/c1-22(2)20-25(34-31(40)42-32(3,4)5)17-16-24(21-23-12-8-7-9-13-23)29(38)36-19-11-15-27(36)35-28(37)26(14-10-18-33)30(39)41-6/h7-9,12-13,16-17,22,24-27H,10-11,14-15,18-21,33H2,1-6H3,(H,34,40)(H,35,37)/b17-16+/t24-,25+,26?,27-/m0/s1. The summed E-state index contributed by atoms with van der Waals surface area (Å²) in [5.41, 5.74) is 5.96. The highest BCUT2D eigenvalue weighted by atomic mass is 16.6. The molecule has 0 aromatic heterocycles. The Labute approximate surface area is 250 Å². The van der Waals surface area contributed by atoms with Crippen molar-refractivity contribution in [2.24, 2.45) is 23.5 Å². The van der Waals surface area contributed by atoms with Crippen LogP contribution in [0.2, 0.25) is 0 Å². The van der Waals surface area contributed by atoms with E-state index in [0.717, 1.165) is 12.0 Å². The predicted molar refractivity (Wildman–Crippen MR) is 162 cm³/mol. The van der Waals surface area contributed by atoms with E-state index in [2.05, 4.69) is 24.5 Å². The molecule has 234 valence electrons. The Balaban J connectivity index is 2.28. The van der Waals surface area contributed by atoms with E-state index in [4.69, 9.17) is 15.2 Å². The SMILES string of the molecule is COC(=O)C(CCCN)C(=O)N[C@@H]1CCCN1C(=O)[C@@H](/C=C/[C@H](CC(C)C)NC(=O)OC(C)(C)C)Cc1ccccc1. The van der Waals surface area contributed by atoms with Gasteiger partial charge in [0.15, 0.2) is 0 Å². The Kier molecular flexibility index (Phi) is 14.0.